The number of benzene rings is 2. The van der Waals surface area contributed by atoms with Crippen LogP contribution in [0.1, 0.15) is 10.4 Å². The molecule has 2 nitrogen and oxygen atoms in total. The van der Waals surface area contributed by atoms with Crippen LogP contribution in [-0.4, -0.2) is 5.91 Å². The third-order valence-corrected chi connectivity index (χ3v) is 5.06. The molecule has 0 radical (unpaired) electrons. The van der Waals surface area contributed by atoms with Crippen LogP contribution in [0.4, 0.5) is 0 Å². The van der Waals surface area contributed by atoms with Crippen LogP contribution in [-0.2, 0) is 0 Å². The average Bonchev–Trinajstić information content (AvgIpc) is 2.83. The molecular weight excluding hydrogens is 274 g/mol. The van der Waals surface area contributed by atoms with E-state index < -0.39 is 0 Å². The molecule has 0 bridgehead atoms. The second-order valence-electron chi connectivity index (χ2n) is 4.06. The van der Waals surface area contributed by atoms with Crippen LogP contribution in [0.3, 0.4) is 0 Å². The Morgan fingerprint density at radius 2 is 1.74 bits per heavy atom. The Bertz CT molecular complexity index is 748. The molecule has 0 aliphatic rings. The van der Waals surface area contributed by atoms with Crippen molar-refractivity contribution in [2.75, 3.05) is 0 Å². The topological polar surface area (TPSA) is 43.1 Å². The van der Waals surface area contributed by atoms with E-state index in [0.717, 1.165) is 9.79 Å². The van der Waals surface area contributed by atoms with Crippen molar-refractivity contribution in [2.24, 2.45) is 5.73 Å². The molecule has 4 heteroatoms. The standard InChI is InChI=1S/C15H11NOS2/c16-15(17)11-6-2-4-8-13(11)19-14-9-18-12-7-3-1-5-10(12)14/h1-9H,(H2,16,17). The van der Waals surface area contributed by atoms with Crippen molar-refractivity contribution in [3.05, 3.63) is 59.5 Å². The lowest BCUT2D eigenvalue weighted by Crippen LogP contribution is -2.11. The van der Waals surface area contributed by atoms with Gasteiger partial charge in [0.25, 0.3) is 0 Å². The Balaban J connectivity index is 2.04. The van der Waals surface area contributed by atoms with E-state index in [-0.39, 0.29) is 5.91 Å². The fraction of sp³-hybridized carbons (Fsp3) is 0. The van der Waals surface area contributed by atoms with Crippen LogP contribution < -0.4 is 5.73 Å². The number of primary amides is 1. The van der Waals surface area contributed by atoms with Crippen LogP contribution in [0.2, 0.25) is 0 Å². The molecule has 0 unspecified atom stereocenters. The normalized spacial score (nSPS) is 10.7. The van der Waals surface area contributed by atoms with Gasteiger partial charge in [-0.1, -0.05) is 42.1 Å². The lowest BCUT2D eigenvalue weighted by atomic mass is 10.2. The average molecular weight is 285 g/mol. The molecular formula is C15H11NOS2. The minimum absolute atomic E-state index is 0.386. The Morgan fingerprint density at radius 1 is 1.00 bits per heavy atom. The summed E-state index contributed by atoms with van der Waals surface area (Å²) in [6, 6.07) is 15.7. The zero-order chi connectivity index (χ0) is 13.2. The molecule has 0 saturated carbocycles. The van der Waals surface area contributed by atoms with Crippen molar-refractivity contribution in [3.8, 4) is 0 Å². The van der Waals surface area contributed by atoms with Crippen LogP contribution in [0.15, 0.2) is 63.7 Å². The smallest absolute Gasteiger partial charge is 0.249 e. The molecule has 94 valence electrons. The molecule has 0 fully saturated rings. The summed E-state index contributed by atoms with van der Waals surface area (Å²) in [7, 11) is 0. The Labute approximate surface area is 119 Å². The summed E-state index contributed by atoms with van der Waals surface area (Å²) < 4.78 is 1.25. The van der Waals surface area contributed by atoms with Gasteiger partial charge in [-0.3, -0.25) is 4.79 Å². The Hall–Kier alpha value is -1.78. The van der Waals surface area contributed by atoms with Gasteiger partial charge in [-0.25, -0.2) is 0 Å². The molecule has 19 heavy (non-hydrogen) atoms. The van der Waals surface area contributed by atoms with Crippen molar-refractivity contribution >= 4 is 39.1 Å². The zero-order valence-electron chi connectivity index (χ0n) is 10.00. The van der Waals surface area contributed by atoms with Gasteiger partial charge >= 0.3 is 0 Å². The quantitative estimate of drug-likeness (QED) is 0.785. The Morgan fingerprint density at radius 3 is 2.58 bits per heavy atom. The number of carbonyl (C=O) groups excluding carboxylic acids is 1. The largest absolute Gasteiger partial charge is 0.366 e. The third kappa shape index (κ3) is 2.37. The molecule has 0 aliphatic carbocycles. The van der Waals surface area contributed by atoms with E-state index >= 15 is 0 Å². The highest BCUT2D eigenvalue weighted by atomic mass is 32.2. The van der Waals surface area contributed by atoms with E-state index in [4.69, 9.17) is 5.73 Å². The number of rotatable bonds is 3. The van der Waals surface area contributed by atoms with Gasteiger partial charge in [0.15, 0.2) is 0 Å². The van der Waals surface area contributed by atoms with Gasteiger partial charge in [0.1, 0.15) is 0 Å². The zero-order valence-corrected chi connectivity index (χ0v) is 11.6. The van der Waals surface area contributed by atoms with Crippen molar-refractivity contribution < 1.29 is 4.79 Å². The molecule has 0 spiro atoms. The maximum atomic E-state index is 11.4. The molecule has 2 aromatic carbocycles. The van der Waals surface area contributed by atoms with Crippen LogP contribution in [0.5, 0.6) is 0 Å². The van der Waals surface area contributed by atoms with Gasteiger partial charge in [0.2, 0.25) is 5.91 Å². The summed E-state index contributed by atoms with van der Waals surface area (Å²) in [5.74, 6) is -0.386. The summed E-state index contributed by atoms with van der Waals surface area (Å²) in [5.41, 5.74) is 5.98. The molecule has 0 atom stereocenters. The lowest BCUT2D eigenvalue weighted by molar-refractivity contribution is 0.0997. The minimum atomic E-state index is -0.386. The highest BCUT2D eigenvalue weighted by Crippen LogP contribution is 2.38. The molecule has 1 heterocycles. The molecule has 1 aromatic heterocycles. The van der Waals surface area contributed by atoms with E-state index in [1.54, 1.807) is 29.2 Å². The summed E-state index contributed by atoms with van der Waals surface area (Å²) in [6.07, 6.45) is 0. The summed E-state index contributed by atoms with van der Waals surface area (Å²) in [5, 5.41) is 3.34. The number of amides is 1. The molecule has 0 aliphatic heterocycles. The van der Waals surface area contributed by atoms with Crippen molar-refractivity contribution in [1.29, 1.82) is 0 Å². The highest BCUT2D eigenvalue weighted by Gasteiger charge is 2.11. The highest BCUT2D eigenvalue weighted by molar-refractivity contribution is 7.99. The van der Waals surface area contributed by atoms with Gasteiger partial charge in [-0.15, -0.1) is 11.3 Å². The number of fused-ring (bicyclic) bond motifs is 1. The molecule has 3 rings (SSSR count). The first kappa shape index (κ1) is 12.3. The van der Waals surface area contributed by atoms with Crippen LogP contribution in [0, 0.1) is 0 Å². The lowest BCUT2D eigenvalue weighted by Gasteiger charge is -2.05. The second-order valence-corrected chi connectivity index (χ2v) is 6.05. The number of thiophene rings is 1. The van der Waals surface area contributed by atoms with E-state index in [1.165, 1.54) is 10.1 Å². The van der Waals surface area contributed by atoms with Crippen LogP contribution in [0.25, 0.3) is 10.1 Å². The minimum Gasteiger partial charge on any atom is -0.366 e. The third-order valence-electron chi connectivity index (χ3n) is 2.82. The van der Waals surface area contributed by atoms with Gasteiger partial charge in [0, 0.05) is 25.3 Å². The number of nitrogens with two attached hydrogens (primary N) is 1. The predicted molar refractivity (Wildman–Crippen MR) is 80.9 cm³/mol. The van der Waals surface area contributed by atoms with Crippen molar-refractivity contribution in [2.45, 2.75) is 9.79 Å². The first-order valence-corrected chi connectivity index (χ1v) is 7.48. The van der Waals surface area contributed by atoms with E-state index in [2.05, 4.69) is 17.5 Å². The first-order valence-electron chi connectivity index (χ1n) is 5.78. The van der Waals surface area contributed by atoms with Gasteiger partial charge in [-0.05, 0) is 18.2 Å². The maximum absolute atomic E-state index is 11.4. The van der Waals surface area contributed by atoms with E-state index in [9.17, 15) is 4.79 Å². The summed E-state index contributed by atoms with van der Waals surface area (Å²) in [4.78, 5) is 13.5. The second kappa shape index (κ2) is 5.07. The van der Waals surface area contributed by atoms with Gasteiger partial charge in [0.05, 0.1) is 5.56 Å². The first-order chi connectivity index (χ1) is 9.25. The summed E-state index contributed by atoms with van der Waals surface area (Å²) >= 11 is 3.30. The predicted octanol–water partition coefficient (Wildman–Crippen LogP) is 4.15. The summed E-state index contributed by atoms with van der Waals surface area (Å²) in [6.45, 7) is 0. The van der Waals surface area contributed by atoms with Crippen molar-refractivity contribution in [3.63, 3.8) is 0 Å². The number of carbonyl (C=O) groups is 1. The van der Waals surface area contributed by atoms with Gasteiger partial charge in [-0.2, -0.15) is 0 Å². The van der Waals surface area contributed by atoms with Gasteiger partial charge < -0.3 is 5.73 Å². The number of hydrogen-bond acceptors (Lipinski definition) is 3. The molecule has 2 N–H and O–H groups in total. The number of hydrogen-bond donors (Lipinski definition) is 1. The SMILES string of the molecule is NC(=O)c1ccccc1Sc1csc2ccccc12. The van der Waals surface area contributed by atoms with Crippen LogP contribution >= 0.6 is 23.1 Å². The molecule has 1 amide bonds. The molecule has 0 saturated heterocycles. The fourth-order valence-electron chi connectivity index (χ4n) is 1.91. The van der Waals surface area contributed by atoms with E-state index in [1.807, 2.05) is 30.3 Å². The fourth-order valence-corrected chi connectivity index (χ4v) is 4.08. The maximum Gasteiger partial charge on any atom is 0.249 e. The van der Waals surface area contributed by atoms with Crippen molar-refractivity contribution in [1.82, 2.24) is 0 Å². The monoisotopic (exact) mass is 285 g/mol. The Kier molecular flexibility index (Phi) is 3.27. The molecule has 3 aromatic rings. The van der Waals surface area contributed by atoms with E-state index in [0.29, 0.717) is 5.56 Å².